The van der Waals surface area contributed by atoms with Gasteiger partial charge in [0.2, 0.25) is 0 Å². The summed E-state index contributed by atoms with van der Waals surface area (Å²) in [5.41, 5.74) is 2.45. The summed E-state index contributed by atoms with van der Waals surface area (Å²) in [4.78, 5) is 12.1. The van der Waals surface area contributed by atoms with E-state index in [1.165, 1.54) is 11.8 Å². The molecule has 0 atom stereocenters. The first-order chi connectivity index (χ1) is 11.6. The van der Waals surface area contributed by atoms with E-state index in [1.54, 1.807) is 24.3 Å². The van der Waals surface area contributed by atoms with Crippen molar-refractivity contribution in [1.82, 2.24) is 10.2 Å². The lowest BCUT2D eigenvalue weighted by molar-refractivity contribution is 0.102. The summed E-state index contributed by atoms with van der Waals surface area (Å²) in [6, 6.07) is 18.6. The Balaban J connectivity index is 1.63. The first-order valence-corrected chi connectivity index (χ1v) is 9.29. The number of thioether (sulfide) groups is 1. The number of ketones is 1. The van der Waals surface area contributed by atoms with Gasteiger partial charge < -0.3 is 0 Å². The van der Waals surface area contributed by atoms with E-state index in [0.717, 1.165) is 20.8 Å². The molecule has 0 bridgehead atoms. The largest absolute Gasteiger partial charge is 0.293 e. The van der Waals surface area contributed by atoms with Crippen LogP contribution in [0.3, 0.4) is 0 Å². The third kappa shape index (κ3) is 4.44. The van der Waals surface area contributed by atoms with E-state index >= 15 is 0 Å². The number of hydrogen-bond donors (Lipinski definition) is 0. The van der Waals surface area contributed by atoms with Crippen molar-refractivity contribution < 1.29 is 4.79 Å². The second-order valence-electron chi connectivity index (χ2n) is 4.98. The number of carbonyl (C=O) groups is 1. The minimum atomic E-state index is 0.0375. The molecule has 0 saturated heterocycles. The first kappa shape index (κ1) is 17.1. The Hall–Kier alpha value is -1.69. The molecule has 0 amide bonds. The number of nitrogens with zero attached hydrogens (tertiary/aromatic N) is 2. The van der Waals surface area contributed by atoms with E-state index in [4.69, 9.17) is 11.6 Å². The van der Waals surface area contributed by atoms with Crippen molar-refractivity contribution in [2.24, 2.45) is 0 Å². The second kappa shape index (κ2) is 7.92. The van der Waals surface area contributed by atoms with Gasteiger partial charge in [0.1, 0.15) is 5.03 Å². The molecule has 1 aromatic heterocycles. The molecule has 0 aliphatic rings. The van der Waals surface area contributed by atoms with Gasteiger partial charge in [0.05, 0.1) is 11.4 Å². The number of halogens is 2. The Labute approximate surface area is 157 Å². The van der Waals surface area contributed by atoms with Crippen LogP contribution in [-0.2, 0) is 0 Å². The topological polar surface area (TPSA) is 42.9 Å². The van der Waals surface area contributed by atoms with Gasteiger partial charge in [0, 0.05) is 20.6 Å². The van der Waals surface area contributed by atoms with Crippen LogP contribution in [0.5, 0.6) is 0 Å². The zero-order valence-corrected chi connectivity index (χ0v) is 15.6. The number of rotatable bonds is 5. The van der Waals surface area contributed by atoms with Crippen molar-refractivity contribution in [2.75, 3.05) is 5.75 Å². The van der Waals surface area contributed by atoms with Gasteiger partial charge >= 0.3 is 0 Å². The molecule has 3 rings (SSSR count). The van der Waals surface area contributed by atoms with Crippen LogP contribution in [0.1, 0.15) is 10.4 Å². The van der Waals surface area contributed by atoms with E-state index in [9.17, 15) is 4.79 Å². The number of Topliss-reactive ketones (excluding diaryl/α,β-unsaturated/α-hetero) is 1. The van der Waals surface area contributed by atoms with Crippen LogP contribution < -0.4 is 0 Å². The molecule has 0 unspecified atom stereocenters. The Morgan fingerprint density at radius 1 is 0.958 bits per heavy atom. The average molecular weight is 420 g/mol. The molecule has 3 nitrogen and oxygen atoms in total. The summed E-state index contributed by atoms with van der Waals surface area (Å²) < 4.78 is 1.02. The van der Waals surface area contributed by atoms with Crippen LogP contribution in [0, 0.1) is 0 Å². The second-order valence-corrected chi connectivity index (χ2v) is 7.33. The maximum atomic E-state index is 12.1. The fourth-order valence-corrected chi connectivity index (χ4v) is 3.13. The summed E-state index contributed by atoms with van der Waals surface area (Å²) in [5.74, 6) is 0.351. The highest BCUT2D eigenvalue weighted by Gasteiger charge is 2.08. The van der Waals surface area contributed by atoms with Crippen LogP contribution >= 0.6 is 39.3 Å². The maximum Gasteiger partial charge on any atom is 0.173 e. The highest BCUT2D eigenvalue weighted by molar-refractivity contribution is 9.10. The summed E-state index contributed by atoms with van der Waals surface area (Å²) in [6.45, 7) is 0. The molecule has 0 spiro atoms. The maximum absolute atomic E-state index is 12.1. The molecular weight excluding hydrogens is 408 g/mol. The SMILES string of the molecule is O=C(CSc1ccc(-c2ccc(Br)cc2)nn1)c1ccc(Cl)cc1. The highest BCUT2D eigenvalue weighted by Crippen LogP contribution is 2.22. The fourth-order valence-electron chi connectivity index (χ4n) is 2.03. The lowest BCUT2D eigenvalue weighted by Crippen LogP contribution is -2.02. The van der Waals surface area contributed by atoms with Gasteiger partial charge in [0.15, 0.2) is 5.78 Å². The molecule has 24 heavy (non-hydrogen) atoms. The summed E-state index contributed by atoms with van der Waals surface area (Å²) in [5, 5.41) is 9.75. The Morgan fingerprint density at radius 3 is 2.29 bits per heavy atom. The van der Waals surface area contributed by atoms with Crippen molar-refractivity contribution in [3.05, 3.63) is 75.7 Å². The monoisotopic (exact) mass is 418 g/mol. The zero-order valence-electron chi connectivity index (χ0n) is 12.4. The van der Waals surface area contributed by atoms with Crippen molar-refractivity contribution in [3.8, 4) is 11.3 Å². The summed E-state index contributed by atoms with van der Waals surface area (Å²) in [6.07, 6.45) is 0. The van der Waals surface area contributed by atoms with Gasteiger partial charge in [-0.3, -0.25) is 4.79 Å². The minimum absolute atomic E-state index is 0.0375. The lowest BCUT2D eigenvalue weighted by atomic mass is 10.1. The van der Waals surface area contributed by atoms with Crippen molar-refractivity contribution >= 4 is 45.1 Å². The lowest BCUT2D eigenvalue weighted by Gasteiger charge is -2.03. The Morgan fingerprint density at radius 2 is 1.67 bits per heavy atom. The Bertz CT molecular complexity index is 836. The van der Waals surface area contributed by atoms with Gasteiger partial charge in [-0.2, -0.15) is 0 Å². The van der Waals surface area contributed by atoms with Crippen LogP contribution in [-0.4, -0.2) is 21.7 Å². The highest BCUT2D eigenvalue weighted by atomic mass is 79.9. The molecule has 0 N–H and O–H groups in total. The summed E-state index contributed by atoms with van der Waals surface area (Å²) in [7, 11) is 0. The summed E-state index contributed by atoms with van der Waals surface area (Å²) >= 11 is 10.6. The normalized spacial score (nSPS) is 10.6. The standard InChI is InChI=1S/C18H12BrClN2OS/c19-14-5-1-12(2-6-14)16-9-10-18(22-21-16)24-11-17(23)13-3-7-15(20)8-4-13/h1-10H,11H2. The molecule has 2 aromatic carbocycles. The molecular formula is C18H12BrClN2OS. The number of aromatic nitrogens is 2. The van der Waals surface area contributed by atoms with E-state index in [0.29, 0.717) is 16.3 Å². The van der Waals surface area contributed by atoms with E-state index < -0.39 is 0 Å². The predicted molar refractivity (Wildman–Crippen MR) is 102 cm³/mol. The third-order valence-corrected chi connectivity index (χ3v) is 5.00. The molecule has 6 heteroatoms. The van der Waals surface area contributed by atoms with Crippen molar-refractivity contribution in [2.45, 2.75) is 5.03 Å². The Kier molecular flexibility index (Phi) is 5.66. The van der Waals surface area contributed by atoms with Gasteiger partial charge in [-0.05, 0) is 48.5 Å². The van der Waals surface area contributed by atoms with Gasteiger partial charge in [-0.15, -0.1) is 10.2 Å². The zero-order chi connectivity index (χ0) is 16.9. The first-order valence-electron chi connectivity index (χ1n) is 7.13. The smallest absolute Gasteiger partial charge is 0.173 e. The minimum Gasteiger partial charge on any atom is -0.293 e. The van der Waals surface area contributed by atoms with Gasteiger partial charge in [0.25, 0.3) is 0 Å². The van der Waals surface area contributed by atoms with Gasteiger partial charge in [-0.25, -0.2) is 0 Å². The van der Waals surface area contributed by atoms with Crippen LogP contribution in [0.4, 0.5) is 0 Å². The number of hydrogen-bond acceptors (Lipinski definition) is 4. The number of benzene rings is 2. The molecule has 120 valence electrons. The van der Waals surface area contributed by atoms with Crippen molar-refractivity contribution in [3.63, 3.8) is 0 Å². The molecule has 1 heterocycles. The third-order valence-electron chi connectivity index (χ3n) is 3.30. The molecule has 0 aliphatic carbocycles. The fraction of sp³-hybridized carbons (Fsp3) is 0.0556. The van der Waals surface area contributed by atoms with Crippen LogP contribution in [0.15, 0.2) is 70.2 Å². The van der Waals surface area contributed by atoms with E-state index in [2.05, 4.69) is 26.1 Å². The molecule has 0 radical (unpaired) electrons. The quantitative estimate of drug-likeness (QED) is 0.402. The molecule has 0 fully saturated rings. The van der Waals surface area contributed by atoms with E-state index in [-0.39, 0.29) is 5.78 Å². The van der Waals surface area contributed by atoms with Crippen LogP contribution in [0.25, 0.3) is 11.3 Å². The number of carbonyl (C=O) groups excluding carboxylic acids is 1. The van der Waals surface area contributed by atoms with Gasteiger partial charge in [-0.1, -0.05) is 51.4 Å². The predicted octanol–water partition coefficient (Wildman–Crippen LogP) is 5.53. The molecule has 3 aromatic rings. The van der Waals surface area contributed by atoms with Crippen LogP contribution in [0.2, 0.25) is 5.02 Å². The molecule has 0 saturated carbocycles. The van der Waals surface area contributed by atoms with E-state index in [1.807, 2.05) is 36.4 Å². The average Bonchev–Trinajstić information content (AvgIpc) is 2.61. The van der Waals surface area contributed by atoms with Crippen molar-refractivity contribution in [1.29, 1.82) is 0 Å². The molecule has 0 aliphatic heterocycles.